The van der Waals surface area contributed by atoms with Crippen LogP contribution in [-0.4, -0.2) is 49.1 Å². The highest BCUT2D eigenvalue weighted by Gasteiger charge is 2.28. The molecule has 2 amide bonds. The number of para-hydroxylation sites is 1. The van der Waals surface area contributed by atoms with Gasteiger partial charge in [0.25, 0.3) is 5.91 Å². The molecule has 0 radical (unpaired) electrons. The third-order valence-corrected chi connectivity index (χ3v) is 5.76. The number of nitrogens with one attached hydrogen (secondary N) is 1. The van der Waals surface area contributed by atoms with Gasteiger partial charge in [-0.1, -0.05) is 18.2 Å². The van der Waals surface area contributed by atoms with Crippen molar-refractivity contribution in [1.82, 2.24) is 4.90 Å². The lowest BCUT2D eigenvalue weighted by Crippen LogP contribution is -2.41. The van der Waals surface area contributed by atoms with E-state index in [1.165, 1.54) is 0 Å². The summed E-state index contributed by atoms with van der Waals surface area (Å²) in [5, 5.41) is 2.96. The number of hydrogen-bond donors (Lipinski definition) is 1. The fraction of sp³-hybridized carbons (Fsp3) is 0.417. The van der Waals surface area contributed by atoms with E-state index in [1.807, 2.05) is 47.4 Å². The zero-order valence-electron chi connectivity index (χ0n) is 17.1. The van der Waals surface area contributed by atoms with Gasteiger partial charge in [-0.05, 0) is 62.1 Å². The van der Waals surface area contributed by atoms with Crippen molar-refractivity contribution in [3.63, 3.8) is 0 Å². The molecule has 0 aromatic heterocycles. The Morgan fingerprint density at radius 2 is 1.73 bits per heavy atom. The van der Waals surface area contributed by atoms with E-state index in [2.05, 4.69) is 5.32 Å². The number of likely N-dealkylation sites (tertiary alicyclic amines) is 1. The van der Waals surface area contributed by atoms with E-state index in [0.717, 1.165) is 30.9 Å². The van der Waals surface area contributed by atoms with E-state index in [0.29, 0.717) is 38.1 Å². The maximum absolute atomic E-state index is 12.8. The lowest BCUT2D eigenvalue weighted by molar-refractivity contribution is -0.121. The van der Waals surface area contributed by atoms with Crippen LogP contribution in [-0.2, 0) is 9.53 Å². The lowest BCUT2D eigenvalue weighted by atomic mass is 9.95. The van der Waals surface area contributed by atoms with E-state index in [1.54, 1.807) is 12.1 Å². The van der Waals surface area contributed by atoms with Gasteiger partial charge in [0, 0.05) is 36.9 Å². The Balaban J connectivity index is 1.25. The first-order valence-corrected chi connectivity index (χ1v) is 10.7. The molecule has 6 heteroatoms. The number of amides is 2. The van der Waals surface area contributed by atoms with Crippen molar-refractivity contribution in [2.45, 2.75) is 31.8 Å². The molecule has 30 heavy (non-hydrogen) atoms. The molecule has 2 aliphatic heterocycles. The molecule has 4 rings (SSSR count). The second-order valence-corrected chi connectivity index (χ2v) is 7.89. The highest BCUT2D eigenvalue weighted by Crippen LogP contribution is 2.22. The van der Waals surface area contributed by atoms with Crippen LogP contribution in [0.5, 0.6) is 5.75 Å². The third-order valence-electron chi connectivity index (χ3n) is 5.76. The summed E-state index contributed by atoms with van der Waals surface area (Å²) in [6.07, 6.45) is 3.65. The maximum Gasteiger partial charge on any atom is 0.253 e. The normalized spacial score (nSPS) is 19.5. The molecule has 0 unspecified atom stereocenters. The number of hydrogen-bond acceptors (Lipinski definition) is 4. The smallest absolute Gasteiger partial charge is 0.253 e. The molecule has 0 saturated carbocycles. The Morgan fingerprint density at radius 1 is 1.00 bits per heavy atom. The monoisotopic (exact) mass is 408 g/mol. The fourth-order valence-electron chi connectivity index (χ4n) is 3.95. The summed E-state index contributed by atoms with van der Waals surface area (Å²) in [5.74, 6) is 0.713. The summed E-state index contributed by atoms with van der Waals surface area (Å²) < 4.78 is 11.3. The van der Waals surface area contributed by atoms with Gasteiger partial charge in [0.15, 0.2) is 0 Å². The van der Waals surface area contributed by atoms with E-state index in [9.17, 15) is 9.59 Å². The number of piperidine rings is 1. The minimum absolute atomic E-state index is 0.00240. The van der Waals surface area contributed by atoms with Gasteiger partial charge in [-0.2, -0.15) is 0 Å². The van der Waals surface area contributed by atoms with E-state index in [-0.39, 0.29) is 23.8 Å². The minimum atomic E-state index is -0.0668. The van der Waals surface area contributed by atoms with Crippen LogP contribution in [0.3, 0.4) is 0 Å². The summed E-state index contributed by atoms with van der Waals surface area (Å²) in [4.78, 5) is 27.1. The molecule has 2 aliphatic rings. The average molecular weight is 408 g/mol. The molecule has 2 aromatic carbocycles. The highest BCUT2D eigenvalue weighted by atomic mass is 16.5. The molecular formula is C24H28N2O4. The molecule has 1 N–H and O–H groups in total. The molecule has 0 bridgehead atoms. The minimum Gasteiger partial charge on any atom is -0.491 e. The van der Waals surface area contributed by atoms with Gasteiger partial charge < -0.3 is 19.7 Å². The van der Waals surface area contributed by atoms with Crippen LogP contribution in [0.15, 0.2) is 54.6 Å². The molecule has 0 aliphatic carbocycles. The fourth-order valence-corrected chi connectivity index (χ4v) is 3.95. The second kappa shape index (κ2) is 9.76. The topological polar surface area (TPSA) is 67.9 Å². The van der Waals surface area contributed by atoms with Gasteiger partial charge in [0.1, 0.15) is 12.4 Å². The first-order chi connectivity index (χ1) is 14.7. The predicted octanol–water partition coefficient (Wildman–Crippen LogP) is 3.74. The molecular weight excluding hydrogens is 380 g/mol. The molecule has 2 fully saturated rings. The largest absolute Gasteiger partial charge is 0.491 e. The van der Waals surface area contributed by atoms with Crippen molar-refractivity contribution in [3.05, 3.63) is 60.2 Å². The van der Waals surface area contributed by atoms with Crippen molar-refractivity contribution >= 4 is 17.5 Å². The van der Waals surface area contributed by atoms with E-state index >= 15 is 0 Å². The van der Waals surface area contributed by atoms with Crippen LogP contribution in [0, 0.1) is 5.92 Å². The van der Waals surface area contributed by atoms with Crippen LogP contribution in [0.25, 0.3) is 0 Å². The Bertz CT molecular complexity index is 839. The number of rotatable bonds is 6. The summed E-state index contributed by atoms with van der Waals surface area (Å²) >= 11 is 0. The molecule has 0 spiro atoms. The summed E-state index contributed by atoms with van der Waals surface area (Å²) in [5.41, 5.74) is 1.45. The van der Waals surface area contributed by atoms with Crippen LogP contribution < -0.4 is 10.1 Å². The quantitative estimate of drug-likeness (QED) is 0.791. The van der Waals surface area contributed by atoms with Crippen molar-refractivity contribution in [2.24, 2.45) is 5.92 Å². The summed E-state index contributed by atoms with van der Waals surface area (Å²) in [7, 11) is 0. The summed E-state index contributed by atoms with van der Waals surface area (Å²) in [6.45, 7) is 2.53. The van der Waals surface area contributed by atoms with Crippen molar-refractivity contribution in [2.75, 3.05) is 31.6 Å². The molecule has 2 saturated heterocycles. The zero-order valence-corrected chi connectivity index (χ0v) is 17.1. The number of ether oxygens (including phenoxy) is 2. The van der Waals surface area contributed by atoms with Crippen molar-refractivity contribution < 1.29 is 19.1 Å². The molecule has 6 nitrogen and oxygen atoms in total. The number of anilines is 1. The van der Waals surface area contributed by atoms with Crippen LogP contribution >= 0.6 is 0 Å². The van der Waals surface area contributed by atoms with Gasteiger partial charge >= 0.3 is 0 Å². The Hall–Kier alpha value is -2.86. The van der Waals surface area contributed by atoms with E-state index < -0.39 is 0 Å². The van der Waals surface area contributed by atoms with Gasteiger partial charge in [-0.25, -0.2) is 0 Å². The number of carbonyl (C=O) groups is 2. The predicted molar refractivity (Wildman–Crippen MR) is 115 cm³/mol. The number of carbonyl (C=O) groups excluding carboxylic acids is 2. The standard InChI is InChI=1S/C24H28N2O4/c27-23(25-20-5-2-1-3-6-20)18-12-14-26(15-13-18)24(28)19-8-10-21(11-9-19)30-17-22-7-4-16-29-22/h1-3,5-6,8-11,18,22H,4,7,12-17H2,(H,25,27)/t22-/m1/s1. The molecule has 2 heterocycles. The average Bonchev–Trinajstić information content (AvgIpc) is 3.32. The van der Waals surface area contributed by atoms with Crippen LogP contribution in [0.2, 0.25) is 0 Å². The Morgan fingerprint density at radius 3 is 2.40 bits per heavy atom. The Kier molecular flexibility index (Phi) is 6.64. The first-order valence-electron chi connectivity index (χ1n) is 10.7. The molecule has 1 atom stereocenters. The van der Waals surface area contributed by atoms with Gasteiger partial charge in [0.2, 0.25) is 5.91 Å². The number of nitrogens with zero attached hydrogens (tertiary/aromatic N) is 1. The first kappa shape index (κ1) is 20.4. The SMILES string of the molecule is O=C(Nc1ccccc1)C1CCN(C(=O)c2ccc(OC[C@H]3CCCO3)cc2)CC1. The van der Waals surface area contributed by atoms with Crippen LogP contribution in [0.4, 0.5) is 5.69 Å². The zero-order chi connectivity index (χ0) is 20.8. The van der Waals surface area contributed by atoms with Crippen molar-refractivity contribution in [1.29, 1.82) is 0 Å². The van der Waals surface area contributed by atoms with Gasteiger partial charge in [0.05, 0.1) is 6.10 Å². The number of benzene rings is 2. The van der Waals surface area contributed by atoms with E-state index in [4.69, 9.17) is 9.47 Å². The van der Waals surface area contributed by atoms with Gasteiger partial charge in [-0.15, -0.1) is 0 Å². The van der Waals surface area contributed by atoms with Crippen LogP contribution in [0.1, 0.15) is 36.0 Å². The lowest BCUT2D eigenvalue weighted by Gasteiger charge is -2.31. The third kappa shape index (κ3) is 5.19. The second-order valence-electron chi connectivity index (χ2n) is 7.89. The molecule has 158 valence electrons. The van der Waals surface area contributed by atoms with Crippen molar-refractivity contribution in [3.8, 4) is 5.75 Å². The Labute approximate surface area is 177 Å². The molecule has 2 aromatic rings. The highest BCUT2D eigenvalue weighted by molar-refractivity contribution is 5.95. The maximum atomic E-state index is 12.8. The van der Waals surface area contributed by atoms with Gasteiger partial charge in [-0.3, -0.25) is 9.59 Å². The summed E-state index contributed by atoms with van der Waals surface area (Å²) in [6, 6.07) is 16.8.